The van der Waals surface area contributed by atoms with Crippen molar-refractivity contribution in [3.8, 4) is 0 Å². The summed E-state index contributed by atoms with van der Waals surface area (Å²) in [6, 6.07) is 9.18. The van der Waals surface area contributed by atoms with E-state index in [1.54, 1.807) is 12.1 Å². The number of anilines is 1. The van der Waals surface area contributed by atoms with Crippen LogP contribution in [0.5, 0.6) is 0 Å². The minimum atomic E-state index is -0.646. The Morgan fingerprint density at radius 2 is 1.47 bits per heavy atom. The second-order valence-corrected chi connectivity index (χ2v) is 3.60. The highest BCUT2D eigenvalue weighted by atomic mass is 19.1. The Balaban J connectivity index is 2.04. The second-order valence-electron chi connectivity index (χ2n) is 3.60. The Labute approximate surface area is 96.9 Å². The van der Waals surface area contributed by atoms with Crippen molar-refractivity contribution < 1.29 is 13.2 Å². The molecule has 2 rings (SSSR count). The normalized spacial score (nSPS) is 10.3. The molecule has 0 radical (unpaired) electrons. The van der Waals surface area contributed by atoms with Gasteiger partial charge < -0.3 is 5.32 Å². The molecule has 0 unspecified atom stereocenters. The maximum absolute atomic E-state index is 13.3. The summed E-state index contributed by atoms with van der Waals surface area (Å²) in [5.41, 5.74) is 1.03. The lowest BCUT2D eigenvalue weighted by Gasteiger charge is -2.07. The molecule has 0 bridgehead atoms. The fourth-order valence-corrected chi connectivity index (χ4v) is 1.43. The minimum Gasteiger partial charge on any atom is -0.379 e. The molecule has 0 fully saturated rings. The van der Waals surface area contributed by atoms with Crippen molar-refractivity contribution in [3.63, 3.8) is 0 Å². The first kappa shape index (κ1) is 11.5. The lowest BCUT2D eigenvalue weighted by molar-refractivity contribution is 0.585. The van der Waals surface area contributed by atoms with Crippen LogP contribution >= 0.6 is 0 Å². The quantitative estimate of drug-likeness (QED) is 0.857. The van der Waals surface area contributed by atoms with Crippen molar-refractivity contribution in [1.29, 1.82) is 0 Å². The molecular formula is C13H10F3N. The highest BCUT2D eigenvalue weighted by molar-refractivity contribution is 5.45. The first-order valence-electron chi connectivity index (χ1n) is 5.08. The van der Waals surface area contributed by atoms with E-state index >= 15 is 0 Å². The zero-order valence-electron chi connectivity index (χ0n) is 8.88. The van der Waals surface area contributed by atoms with Crippen LogP contribution in [-0.4, -0.2) is 0 Å². The molecule has 0 saturated heterocycles. The van der Waals surface area contributed by atoms with Gasteiger partial charge in [0.2, 0.25) is 0 Å². The van der Waals surface area contributed by atoms with Crippen molar-refractivity contribution >= 4 is 5.69 Å². The summed E-state index contributed by atoms with van der Waals surface area (Å²) >= 11 is 0. The molecule has 4 heteroatoms. The predicted octanol–water partition coefficient (Wildman–Crippen LogP) is 3.72. The van der Waals surface area contributed by atoms with Gasteiger partial charge >= 0.3 is 0 Å². The van der Waals surface area contributed by atoms with Gasteiger partial charge in [-0.1, -0.05) is 12.1 Å². The molecule has 0 amide bonds. The van der Waals surface area contributed by atoms with Crippen LogP contribution in [0.1, 0.15) is 5.56 Å². The molecule has 1 nitrogen and oxygen atoms in total. The largest absolute Gasteiger partial charge is 0.379 e. The molecule has 0 aliphatic carbocycles. The zero-order chi connectivity index (χ0) is 12.3. The summed E-state index contributed by atoms with van der Waals surface area (Å²) in [6.45, 7) is 0.350. The molecule has 0 aliphatic heterocycles. The van der Waals surface area contributed by atoms with E-state index < -0.39 is 11.6 Å². The fraction of sp³-hybridized carbons (Fsp3) is 0.0769. The average molecular weight is 237 g/mol. The van der Waals surface area contributed by atoms with E-state index in [1.165, 1.54) is 24.3 Å². The van der Waals surface area contributed by atoms with Gasteiger partial charge in [0, 0.05) is 12.6 Å². The predicted molar refractivity (Wildman–Crippen MR) is 60.1 cm³/mol. The van der Waals surface area contributed by atoms with E-state index in [4.69, 9.17) is 0 Å². The molecule has 1 N–H and O–H groups in total. The highest BCUT2D eigenvalue weighted by Gasteiger charge is 2.03. The van der Waals surface area contributed by atoms with Gasteiger partial charge in [0.1, 0.15) is 17.5 Å². The molecule has 0 spiro atoms. The lowest BCUT2D eigenvalue weighted by atomic mass is 10.2. The lowest BCUT2D eigenvalue weighted by Crippen LogP contribution is -2.01. The number of nitrogens with one attached hydrogen (secondary N) is 1. The molecule has 0 heterocycles. The van der Waals surface area contributed by atoms with Crippen molar-refractivity contribution in [2.24, 2.45) is 0 Å². The van der Waals surface area contributed by atoms with Crippen LogP contribution < -0.4 is 5.32 Å². The third kappa shape index (κ3) is 3.00. The van der Waals surface area contributed by atoms with E-state index in [-0.39, 0.29) is 11.5 Å². The van der Waals surface area contributed by atoms with E-state index in [0.29, 0.717) is 6.54 Å². The van der Waals surface area contributed by atoms with E-state index in [1.807, 2.05) is 0 Å². The first-order chi connectivity index (χ1) is 8.15. The third-order valence-corrected chi connectivity index (χ3v) is 2.33. The van der Waals surface area contributed by atoms with Gasteiger partial charge in [0.25, 0.3) is 0 Å². The van der Waals surface area contributed by atoms with Crippen LogP contribution in [0.2, 0.25) is 0 Å². The number of hydrogen-bond acceptors (Lipinski definition) is 1. The number of benzene rings is 2. The van der Waals surface area contributed by atoms with Crippen molar-refractivity contribution in [2.75, 3.05) is 5.32 Å². The van der Waals surface area contributed by atoms with Gasteiger partial charge in [0.05, 0.1) is 5.69 Å². The summed E-state index contributed by atoms with van der Waals surface area (Å²) in [6.07, 6.45) is 0. The van der Waals surface area contributed by atoms with Gasteiger partial charge in [-0.2, -0.15) is 0 Å². The van der Waals surface area contributed by atoms with Crippen molar-refractivity contribution in [2.45, 2.75) is 6.54 Å². The van der Waals surface area contributed by atoms with Crippen LogP contribution in [0.3, 0.4) is 0 Å². The molecule has 0 aliphatic rings. The molecule has 2 aromatic carbocycles. The molecule has 0 aromatic heterocycles. The van der Waals surface area contributed by atoms with Crippen molar-refractivity contribution in [3.05, 3.63) is 65.5 Å². The van der Waals surface area contributed by atoms with Gasteiger partial charge in [-0.3, -0.25) is 0 Å². The Morgan fingerprint density at radius 3 is 2.12 bits per heavy atom. The van der Waals surface area contributed by atoms with Crippen LogP contribution in [0.4, 0.5) is 18.9 Å². The number of rotatable bonds is 3. The SMILES string of the molecule is Fc1ccc(CNc2ccc(F)cc2F)cc1. The van der Waals surface area contributed by atoms with Gasteiger partial charge in [-0.25, -0.2) is 13.2 Å². The topological polar surface area (TPSA) is 12.0 Å². The van der Waals surface area contributed by atoms with Crippen LogP contribution in [0.25, 0.3) is 0 Å². The second kappa shape index (κ2) is 4.91. The Hall–Kier alpha value is -1.97. The Bertz CT molecular complexity index is 509. The van der Waals surface area contributed by atoms with E-state index in [9.17, 15) is 13.2 Å². The number of hydrogen-bond donors (Lipinski definition) is 1. The molecule has 2 aromatic rings. The van der Waals surface area contributed by atoms with Crippen LogP contribution in [-0.2, 0) is 6.54 Å². The van der Waals surface area contributed by atoms with Gasteiger partial charge in [-0.15, -0.1) is 0 Å². The zero-order valence-corrected chi connectivity index (χ0v) is 8.88. The summed E-state index contributed by atoms with van der Waals surface area (Å²) < 4.78 is 38.5. The van der Waals surface area contributed by atoms with Gasteiger partial charge in [0.15, 0.2) is 0 Å². The molecule has 88 valence electrons. The standard InChI is InChI=1S/C13H10F3N/c14-10-3-1-9(2-4-10)8-17-13-6-5-11(15)7-12(13)16/h1-7,17H,8H2. The summed E-state index contributed by atoms with van der Waals surface area (Å²) in [7, 11) is 0. The summed E-state index contributed by atoms with van der Waals surface area (Å²) in [5.74, 6) is -1.58. The Kier molecular flexibility index (Phi) is 3.32. The maximum atomic E-state index is 13.3. The smallest absolute Gasteiger partial charge is 0.149 e. The average Bonchev–Trinajstić information content (AvgIpc) is 2.30. The first-order valence-corrected chi connectivity index (χ1v) is 5.08. The van der Waals surface area contributed by atoms with E-state index in [0.717, 1.165) is 11.6 Å². The highest BCUT2D eigenvalue weighted by Crippen LogP contribution is 2.16. The molecule has 0 saturated carbocycles. The molecule has 0 atom stereocenters. The fourth-order valence-electron chi connectivity index (χ4n) is 1.43. The minimum absolute atomic E-state index is 0.218. The summed E-state index contributed by atoms with van der Waals surface area (Å²) in [4.78, 5) is 0. The molecular weight excluding hydrogens is 227 g/mol. The number of halogens is 3. The maximum Gasteiger partial charge on any atom is 0.149 e. The van der Waals surface area contributed by atoms with Crippen LogP contribution in [0, 0.1) is 17.5 Å². The summed E-state index contributed by atoms with van der Waals surface area (Å²) in [5, 5.41) is 2.81. The Morgan fingerprint density at radius 1 is 0.824 bits per heavy atom. The van der Waals surface area contributed by atoms with Crippen molar-refractivity contribution in [1.82, 2.24) is 0 Å². The third-order valence-electron chi connectivity index (χ3n) is 2.33. The van der Waals surface area contributed by atoms with E-state index in [2.05, 4.69) is 5.32 Å². The van der Waals surface area contributed by atoms with Gasteiger partial charge in [-0.05, 0) is 29.8 Å². The molecule has 17 heavy (non-hydrogen) atoms. The van der Waals surface area contributed by atoms with Crippen LogP contribution in [0.15, 0.2) is 42.5 Å². The monoisotopic (exact) mass is 237 g/mol.